The van der Waals surface area contributed by atoms with E-state index in [1.165, 1.54) is 0 Å². The third kappa shape index (κ3) is 1.36. The minimum Gasteiger partial charge on any atom is -0.270 e. The van der Waals surface area contributed by atoms with Crippen molar-refractivity contribution in [1.29, 1.82) is 0 Å². The Hall–Kier alpha value is 0.110. The zero-order valence-corrected chi connectivity index (χ0v) is 7.68. The van der Waals surface area contributed by atoms with E-state index in [0.717, 1.165) is 32.7 Å². The lowest BCUT2D eigenvalue weighted by molar-refractivity contribution is 0.504. The summed E-state index contributed by atoms with van der Waals surface area (Å²) in [5.74, 6) is 0. The molecule has 5 heteroatoms. The fraction of sp³-hybridized carbons (Fsp3) is 1.00. The molecular weight excluding hydrogens is 161 g/mol. The van der Waals surface area contributed by atoms with E-state index in [1.54, 1.807) is 0 Å². The van der Waals surface area contributed by atoms with E-state index < -0.39 is 7.59 Å². The Morgan fingerprint density at radius 3 is 2.00 bits per heavy atom. The van der Waals surface area contributed by atoms with Gasteiger partial charge in [-0.05, 0) is 0 Å². The molecule has 4 nitrogen and oxygen atoms in total. The molecule has 2 fully saturated rings. The van der Waals surface area contributed by atoms with Gasteiger partial charge in [-0.15, -0.1) is 0 Å². The average Bonchev–Trinajstić information content (AvgIpc) is 2.84. The third-order valence-corrected chi connectivity index (χ3v) is 5.04. The van der Waals surface area contributed by atoms with Gasteiger partial charge < -0.3 is 0 Å². The predicted octanol–water partition coefficient (Wildman–Crippen LogP) is 0.335. The molecule has 0 saturated carbocycles. The highest BCUT2D eigenvalue weighted by atomic mass is 31.2. The SMILES string of the molecule is CCNP(=O)(N1CC1)N1CC1. The first-order valence-electron chi connectivity index (χ1n) is 4.13. The van der Waals surface area contributed by atoms with E-state index in [1.807, 2.05) is 16.3 Å². The molecule has 0 aromatic heterocycles. The van der Waals surface area contributed by atoms with Crippen molar-refractivity contribution < 1.29 is 4.57 Å². The van der Waals surface area contributed by atoms with Crippen molar-refractivity contribution in [2.45, 2.75) is 6.92 Å². The lowest BCUT2D eigenvalue weighted by Gasteiger charge is -2.19. The zero-order valence-electron chi connectivity index (χ0n) is 6.79. The Morgan fingerprint density at radius 2 is 1.73 bits per heavy atom. The minimum absolute atomic E-state index is 0.796. The van der Waals surface area contributed by atoms with Crippen molar-refractivity contribution in [3.63, 3.8) is 0 Å². The smallest absolute Gasteiger partial charge is 0.270 e. The first-order chi connectivity index (χ1) is 5.27. The number of nitrogens with zero attached hydrogens (tertiary/aromatic N) is 2. The van der Waals surface area contributed by atoms with E-state index in [4.69, 9.17) is 0 Å². The molecule has 0 amide bonds. The van der Waals surface area contributed by atoms with Crippen molar-refractivity contribution >= 4 is 7.59 Å². The van der Waals surface area contributed by atoms with Crippen molar-refractivity contribution in [2.24, 2.45) is 0 Å². The molecule has 0 radical (unpaired) electrons. The lowest BCUT2D eigenvalue weighted by Crippen LogP contribution is -2.20. The topological polar surface area (TPSA) is 35.1 Å². The summed E-state index contributed by atoms with van der Waals surface area (Å²) in [6, 6.07) is 0. The first kappa shape index (κ1) is 7.74. The van der Waals surface area contributed by atoms with Crippen LogP contribution >= 0.6 is 7.59 Å². The van der Waals surface area contributed by atoms with Crippen LogP contribution in [0.2, 0.25) is 0 Å². The van der Waals surface area contributed by atoms with Crippen molar-refractivity contribution in [2.75, 3.05) is 32.7 Å². The second-order valence-electron chi connectivity index (χ2n) is 2.96. The molecule has 0 aromatic rings. The van der Waals surface area contributed by atoms with Crippen LogP contribution in [0, 0.1) is 0 Å². The van der Waals surface area contributed by atoms with Crippen LogP contribution in [0.15, 0.2) is 0 Å². The second-order valence-corrected chi connectivity index (χ2v) is 5.50. The molecule has 2 aliphatic rings. The van der Waals surface area contributed by atoms with E-state index >= 15 is 0 Å². The van der Waals surface area contributed by atoms with Gasteiger partial charge in [0.2, 0.25) is 0 Å². The van der Waals surface area contributed by atoms with E-state index in [-0.39, 0.29) is 0 Å². The van der Waals surface area contributed by atoms with Gasteiger partial charge in [0.15, 0.2) is 0 Å². The molecule has 0 unspecified atom stereocenters. The molecule has 2 heterocycles. The molecular formula is C6H14N3OP. The van der Waals surface area contributed by atoms with Crippen LogP contribution in [0.25, 0.3) is 0 Å². The zero-order chi connectivity index (χ0) is 7.90. The molecule has 2 aliphatic heterocycles. The average molecular weight is 175 g/mol. The second kappa shape index (κ2) is 2.56. The molecule has 64 valence electrons. The number of nitrogens with one attached hydrogen (secondary N) is 1. The summed E-state index contributed by atoms with van der Waals surface area (Å²) in [5, 5.41) is 3.09. The largest absolute Gasteiger partial charge is 0.284 e. The standard InChI is InChI=1S/C6H14N3OP/c1-2-7-11(10,8-3-4-8)9-5-6-9/h2-6H2,1H3,(H,7,10). The van der Waals surface area contributed by atoms with Crippen LogP contribution in [-0.4, -0.2) is 42.1 Å². The lowest BCUT2D eigenvalue weighted by atomic mass is 10.8. The Labute approximate surface area is 67.1 Å². The molecule has 0 bridgehead atoms. The van der Waals surface area contributed by atoms with Gasteiger partial charge in [-0.3, -0.25) is 4.57 Å². The summed E-state index contributed by atoms with van der Waals surface area (Å²) < 4.78 is 16.1. The Morgan fingerprint density at radius 1 is 1.27 bits per heavy atom. The minimum atomic E-state index is -2.22. The highest BCUT2D eigenvalue weighted by Crippen LogP contribution is 2.56. The van der Waals surface area contributed by atoms with Crippen LogP contribution in [-0.2, 0) is 4.57 Å². The van der Waals surface area contributed by atoms with Gasteiger partial charge >= 0.3 is 0 Å². The Kier molecular flexibility index (Phi) is 1.80. The van der Waals surface area contributed by atoms with E-state index in [0.29, 0.717) is 0 Å². The Bertz CT molecular complexity index is 184. The van der Waals surface area contributed by atoms with Gasteiger partial charge in [0, 0.05) is 32.7 Å². The highest BCUT2D eigenvalue weighted by Gasteiger charge is 2.47. The van der Waals surface area contributed by atoms with Gasteiger partial charge in [-0.2, -0.15) is 0 Å². The summed E-state index contributed by atoms with van der Waals surface area (Å²) in [7, 11) is -2.22. The van der Waals surface area contributed by atoms with Gasteiger partial charge in [-0.25, -0.2) is 14.4 Å². The van der Waals surface area contributed by atoms with Crippen molar-refractivity contribution in [3.8, 4) is 0 Å². The van der Waals surface area contributed by atoms with Gasteiger partial charge in [0.1, 0.15) is 0 Å². The summed E-state index contributed by atoms with van der Waals surface area (Å²) >= 11 is 0. The molecule has 0 aromatic carbocycles. The van der Waals surface area contributed by atoms with Crippen LogP contribution in [0.5, 0.6) is 0 Å². The molecule has 11 heavy (non-hydrogen) atoms. The van der Waals surface area contributed by atoms with Crippen LogP contribution in [0.1, 0.15) is 6.92 Å². The molecule has 0 spiro atoms. The molecule has 0 aliphatic carbocycles. The van der Waals surface area contributed by atoms with Gasteiger partial charge in [0.05, 0.1) is 0 Å². The molecule has 2 rings (SSSR count). The van der Waals surface area contributed by atoms with Crippen LogP contribution < -0.4 is 5.09 Å². The predicted molar refractivity (Wildman–Crippen MR) is 44.4 cm³/mol. The monoisotopic (exact) mass is 175 g/mol. The third-order valence-electron chi connectivity index (χ3n) is 1.98. The van der Waals surface area contributed by atoms with Gasteiger partial charge in [-0.1, -0.05) is 6.92 Å². The number of hydrogen-bond acceptors (Lipinski definition) is 1. The summed E-state index contributed by atoms with van der Waals surface area (Å²) in [6.45, 7) is 6.80. The maximum atomic E-state index is 12.1. The summed E-state index contributed by atoms with van der Waals surface area (Å²) in [4.78, 5) is 0. The van der Waals surface area contributed by atoms with Crippen molar-refractivity contribution in [1.82, 2.24) is 14.4 Å². The van der Waals surface area contributed by atoms with Crippen LogP contribution in [0.4, 0.5) is 0 Å². The Balaban J connectivity index is 2.04. The molecule has 1 N–H and O–H groups in total. The summed E-state index contributed by atoms with van der Waals surface area (Å²) in [5.41, 5.74) is 0. The van der Waals surface area contributed by atoms with E-state index in [2.05, 4.69) is 5.09 Å². The van der Waals surface area contributed by atoms with Gasteiger partial charge in [0.25, 0.3) is 7.59 Å². The fourth-order valence-corrected chi connectivity index (χ4v) is 3.65. The first-order valence-corrected chi connectivity index (χ1v) is 5.74. The quantitative estimate of drug-likeness (QED) is 0.493. The normalized spacial score (nSPS) is 25.5. The fourth-order valence-electron chi connectivity index (χ4n) is 1.22. The number of hydrogen-bond donors (Lipinski definition) is 1. The molecule has 0 atom stereocenters. The number of rotatable bonds is 4. The maximum Gasteiger partial charge on any atom is 0.284 e. The van der Waals surface area contributed by atoms with E-state index in [9.17, 15) is 4.57 Å². The maximum absolute atomic E-state index is 12.1. The van der Waals surface area contributed by atoms with Crippen LogP contribution in [0.3, 0.4) is 0 Å². The summed E-state index contributed by atoms with van der Waals surface area (Å²) in [6.07, 6.45) is 0. The highest BCUT2D eigenvalue weighted by molar-refractivity contribution is 7.57. The van der Waals surface area contributed by atoms with Crippen molar-refractivity contribution in [3.05, 3.63) is 0 Å². The molecule has 2 saturated heterocycles.